The summed E-state index contributed by atoms with van der Waals surface area (Å²) in [6.07, 6.45) is 1.70. The Hall–Kier alpha value is -1.10. The van der Waals surface area contributed by atoms with Crippen LogP contribution in [-0.4, -0.2) is 47.6 Å². The molecule has 0 spiro atoms. The summed E-state index contributed by atoms with van der Waals surface area (Å²) >= 11 is 0. The van der Waals surface area contributed by atoms with E-state index in [1.807, 2.05) is 27.7 Å². The third-order valence-corrected chi connectivity index (χ3v) is 4.11. The van der Waals surface area contributed by atoms with E-state index >= 15 is 0 Å². The summed E-state index contributed by atoms with van der Waals surface area (Å²) in [6, 6.07) is -0.0522. The van der Waals surface area contributed by atoms with Crippen LogP contribution in [0.3, 0.4) is 0 Å². The number of nitrogens with zero attached hydrogens (tertiary/aromatic N) is 1. The molecule has 0 aliphatic carbocycles. The fraction of sp³-hybridized carbons (Fsp3) is 0.867. The molecule has 1 saturated heterocycles. The third kappa shape index (κ3) is 4.47. The van der Waals surface area contributed by atoms with Gasteiger partial charge in [0.2, 0.25) is 11.8 Å². The molecule has 1 fully saturated rings. The third-order valence-electron chi connectivity index (χ3n) is 4.11. The van der Waals surface area contributed by atoms with Crippen molar-refractivity contribution in [1.82, 2.24) is 10.2 Å². The van der Waals surface area contributed by atoms with Gasteiger partial charge in [-0.25, -0.2) is 0 Å². The van der Waals surface area contributed by atoms with Crippen LogP contribution >= 0.6 is 0 Å². The lowest BCUT2D eigenvalue weighted by molar-refractivity contribution is -0.138. The van der Waals surface area contributed by atoms with Crippen molar-refractivity contribution in [3.05, 3.63) is 0 Å². The topological polar surface area (TPSA) is 69.6 Å². The molecule has 20 heavy (non-hydrogen) atoms. The smallest absolute Gasteiger partial charge is 0.225 e. The zero-order chi connectivity index (χ0) is 15.3. The minimum atomic E-state index is -0.125. The number of piperidine rings is 1. The SMILES string of the molecule is CC(C)C(=O)N1CCCC(C(=O)NC(C)C(C)CO)C1. The van der Waals surface area contributed by atoms with Crippen LogP contribution in [0.4, 0.5) is 0 Å². The Labute approximate surface area is 121 Å². The van der Waals surface area contributed by atoms with Gasteiger partial charge in [-0.15, -0.1) is 0 Å². The fourth-order valence-corrected chi connectivity index (χ4v) is 2.40. The molecular weight excluding hydrogens is 256 g/mol. The van der Waals surface area contributed by atoms with Crippen molar-refractivity contribution in [2.75, 3.05) is 19.7 Å². The molecule has 0 aromatic rings. The molecule has 0 saturated carbocycles. The van der Waals surface area contributed by atoms with Crippen molar-refractivity contribution in [2.24, 2.45) is 17.8 Å². The highest BCUT2D eigenvalue weighted by Crippen LogP contribution is 2.19. The predicted octanol–water partition coefficient (Wildman–Crippen LogP) is 1.01. The Bertz CT molecular complexity index is 344. The number of hydrogen-bond donors (Lipinski definition) is 2. The highest BCUT2D eigenvalue weighted by atomic mass is 16.3. The highest BCUT2D eigenvalue weighted by molar-refractivity contribution is 5.82. The van der Waals surface area contributed by atoms with E-state index in [1.54, 1.807) is 4.90 Å². The van der Waals surface area contributed by atoms with E-state index in [0.29, 0.717) is 6.54 Å². The number of hydrogen-bond acceptors (Lipinski definition) is 3. The summed E-state index contributed by atoms with van der Waals surface area (Å²) < 4.78 is 0. The van der Waals surface area contributed by atoms with Gasteiger partial charge in [0.15, 0.2) is 0 Å². The molecule has 2 N–H and O–H groups in total. The van der Waals surface area contributed by atoms with E-state index in [0.717, 1.165) is 19.4 Å². The van der Waals surface area contributed by atoms with Crippen molar-refractivity contribution >= 4 is 11.8 Å². The first-order valence-electron chi connectivity index (χ1n) is 7.56. The molecule has 1 heterocycles. The summed E-state index contributed by atoms with van der Waals surface area (Å²) in [5.41, 5.74) is 0. The molecule has 1 aliphatic rings. The lowest BCUT2D eigenvalue weighted by Gasteiger charge is -2.34. The second-order valence-electron chi connectivity index (χ2n) is 6.24. The first-order valence-corrected chi connectivity index (χ1v) is 7.56. The van der Waals surface area contributed by atoms with Crippen LogP contribution in [0.5, 0.6) is 0 Å². The number of rotatable bonds is 5. The van der Waals surface area contributed by atoms with E-state index in [1.165, 1.54) is 0 Å². The Balaban J connectivity index is 2.54. The molecule has 0 aromatic carbocycles. The summed E-state index contributed by atoms with van der Waals surface area (Å²) in [7, 11) is 0. The van der Waals surface area contributed by atoms with Crippen LogP contribution in [0.2, 0.25) is 0 Å². The van der Waals surface area contributed by atoms with Crippen LogP contribution in [0.1, 0.15) is 40.5 Å². The van der Waals surface area contributed by atoms with Gasteiger partial charge in [0, 0.05) is 31.7 Å². The molecule has 1 rings (SSSR count). The number of aliphatic hydroxyl groups excluding tert-OH is 1. The van der Waals surface area contributed by atoms with Crippen molar-refractivity contribution in [2.45, 2.75) is 46.6 Å². The normalized spacial score (nSPS) is 22.5. The number of likely N-dealkylation sites (tertiary alicyclic amines) is 1. The Morgan fingerprint density at radius 1 is 1.30 bits per heavy atom. The summed E-state index contributed by atoms with van der Waals surface area (Å²) in [5.74, 6) is 0.0132. The Morgan fingerprint density at radius 3 is 2.50 bits per heavy atom. The fourth-order valence-electron chi connectivity index (χ4n) is 2.40. The van der Waals surface area contributed by atoms with Gasteiger partial charge in [0.1, 0.15) is 0 Å². The molecule has 5 heteroatoms. The van der Waals surface area contributed by atoms with Gasteiger partial charge in [-0.1, -0.05) is 20.8 Å². The minimum Gasteiger partial charge on any atom is -0.396 e. The number of carbonyl (C=O) groups is 2. The second-order valence-corrected chi connectivity index (χ2v) is 6.24. The molecule has 2 amide bonds. The molecule has 0 bridgehead atoms. The van der Waals surface area contributed by atoms with Crippen LogP contribution < -0.4 is 5.32 Å². The molecular formula is C15H28N2O3. The van der Waals surface area contributed by atoms with E-state index in [-0.39, 0.29) is 42.2 Å². The van der Waals surface area contributed by atoms with Gasteiger partial charge in [0.25, 0.3) is 0 Å². The molecule has 3 atom stereocenters. The maximum absolute atomic E-state index is 12.2. The van der Waals surface area contributed by atoms with Gasteiger partial charge < -0.3 is 15.3 Å². The van der Waals surface area contributed by atoms with Crippen molar-refractivity contribution in [3.63, 3.8) is 0 Å². The Morgan fingerprint density at radius 2 is 1.95 bits per heavy atom. The van der Waals surface area contributed by atoms with Crippen molar-refractivity contribution < 1.29 is 14.7 Å². The van der Waals surface area contributed by atoms with E-state index < -0.39 is 0 Å². The van der Waals surface area contributed by atoms with Crippen LogP contribution in [-0.2, 0) is 9.59 Å². The number of amides is 2. The molecule has 1 aliphatic heterocycles. The molecule has 116 valence electrons. The van der Waals surface area contributed by atoms with Gasteiger partial charge in [0.05, 0.1) is 5.92 Å². The van der Waals surface area contributed by atoms with Crippen molar-refractivity contribution in [3.8, 4) is 0 Å². The molecule has 3 unspecified atom stereocenters. The lowest BCUT2D eigenvalue weighted by atomic mass is 9.95. The maximum Gasteiger partial charge on any atom is 0.225 e. The molecule has 0 radical (unpaired) electrons. The lowest BCUT2D eigenvalue weighted by Crippen LogP contribution is -2.49. The molecule has 0 aromatic heterocycles. The van der Waals surface area contributed by atoms with E-state index in [9.17, 15) is 9.59 Å². The molecule has 5 nitrogen and oxygen atoms in total. The quantitative estimate of drug-likeness (QED) is 0.792. The minimum absolute atomic E-state index is 0.000874. The largest absolute Gasteiger partial charge is 0.396 e. The van der Waals surface area contributed by atoms with Crippen molar-refractivity contribution in [1.29, 1.82) is 0 Å². The first-order chi connectivity index (χ1) is 9.36. The summed E-state index contributed by atoms with van der Waals surface area (Å²) in [6.45, 7) is 8.91. The standard InChI is InChI=1S/C15H28N2O3/c1-10(2)15(20)17-7-5-6-13(8-17)14(19)16-12(4)11(3)9-18/h10-13,18H,5-9H2,1-4H3,(H,16,19). The van der Waals surface area contributed by atoms with Gasteiger partial charge in [-0.05, 0) is 25.7 Å². The highest BCUT2D eigenvalue weighted by Gasteiger charge is 2.30. The summed E-state index contributed by atoms with van der Waals surface area (Å²) in [5, 5.41) is 12.1. The zero-order valence-electron chi connectivity index (χ0n) is 13.1. The number of carbonyl (C=O) groups excluding carboxylic acids is 2. The van der Waals surface area contributed by atoms with Crippen LogP contribution in [0, 0.1) is 17.8 Å². The predicted molar refractivity (Wildman–Crippen MR) is 78.0 cm³/mol. The van der Waals surface area contributed by atoms with Crippen LogP contribution in [0.25, 0.3) is 0 Å². The van der Waals surface area contributed by atoms with E-state index in [2.05, 4.69) is 5.32 Å². The first kappa shape index (κ1) is 17.0. The number of aliphatic hydroxyl groups is 1. The average molecular weight is 284 g/mol. The van der Waals surface area contributed by atoms with Gasteiger partial charge in [-0.2, -0.15) is 0 Å². The van der Waals surface area contributed by atoms with Crippen LogP contribution in [0.15, 0.2) is 0 Å². The zero-order valence-corrected chi connectivity index (χ0v) is 13.1. The Kier molecular flexibility index (Phi) is 6.46. The van der Waals surface area contributed by atoms with E-state index in [4.69, 9.17) is 5.11 Å². The van der Waals surface area contributed by atoms with Gasteiger partial charge in [-0.3, -0.25) is 9.59 Å². The average Bonchev–Trinajstić information content (AvgIpc) is 2.45. The monoisotopic (exact) mass is 284 g/mol. The van der Waals surface area contributed by atoms with Gasteiger partial charge >= 0.3 is 0 Å². The summed E-state index contributed by atoms with van der Waals surface area (Å²) in [4.78, 5) is 26.0. The number of nitrogens with one attached hydrogen (secondary N) is 1. The maximum atomic E-state index is 12.2. The second kappa shape index (κ2) is 7.62.